The highest BCUT2D eigenvalue weighted by Gasteiger charge is 2.22. The van der Waals surface area contributed by atoms with Gasteiger partial charge in [0.15, 0.2) is 0 Å². The van der Waals surface area contributed by atoms with E-state index in [0.29, 0.717) is 0 Å². The van der Waals surface area contributed by atoms with Gasteiger partial charge in [0, 0.05) is 10.6 Å². The van der Waals surface area contributed by atoms with E-state index in [9.17, 15) is 4.79 Å². The fourth-order valence-corrected chi connectivity index (χ4v) is 4.30. The summed E-state index contributed by atoms with van der Waals surface area (Å²) in [4.78, 5) is 14.8. The Morgan fingerprint density at radius 3 is 2.86 bits per heavy atom. The second kappa shape index (κ2) is 6.25. The molecule has 2 nitrogen and oxygen atoms in total. The van der Waals surface area contributed by atoms with Crippen LogP contribution < -0.4 is 5.32 Å². The highest BCUT2D eigenvalue weighted by atomic mass is 32.1. The van der Waals surface area contributed by atoms with E-state index in [1.165, 1.54) is 28.8 Å². The standard InChI is InChI=1S/C19H23NOS/c1-4-14-6-8-17-15(10-14)11-18(22-17)19(21)20-16-7-5-12(2)9-13(16)3/h5,7,9,11,14H,4,6,8,10H2,1-3H3,(H,20,21)/t14-/m0/s1. The van der Waals surface area contributed by atoms with E-state index in [1.807, 2.05) is 19.1 Å². The lowest BCUT2D eigenvalue weighted by molar-refractivity contribution is 0.103. The summed E-state index contributed by atoms with van der Waals surface area (Å²) >= 11 is 1.67. The molecule has 0 saturated carbocycles. The van der Waals surface area contributed by atoms with Crippen molar-refractivity contribution >= 4 is 22.9 Å². The molecule has 3 heteroatoms. The summed E-state index contributed by atoms with van der Waals surface area (Å²) in [5, 5.41) is 3.06. The summed E-state index contributed by atoms with van der Waals surface area (Å²) in [6.45, 7) is 6.36. The van der Waals surface area contributed by atoms with E-state index >= 15 is 0 Å². The maximum absolute atomic E-state index is 12.5. The number of anilines is 1. The molecule has 0 unspecified atom stereocenters. The molecule has 1 aliphatic carbocycles. The van der Waals surface area contributed by atoms with E-state index < -0.39 is 0 Å². The van der Waals surface area contributed by atoms with Crippen molar-refractivity contribution in [3.8, 4) is 0 Å². The minimum atomic E-state index is 0.0272. The molecule has 0 bridgehead atoms. The van der Waals surface area contributed by atoms with Crippen molar-refractivity contribution in [2.75, 3.05) is 5.32 Å². The molecular weight excluding hydrogens is 290 g/mol. The van der Waals surface area contributed by atoms with Gasteiger partial charge in [-0.15, -0.1) is 11.3 Å². The number of fused-ring (bicyclic) bond motifs is 1. The number of rotatable bonds is 3. The molecule has 1 aromatic carbocycles. The average Bonchev–Trinajstić information content (AvgIpc) is 2.93. The largest absolute Gasteiger partial charge is 0.321 e. The molecule has 3 rings (SSSR count). The van der Waals surface area contributed by atoms with Gasteiger partial charge < -0.3 is 5.32 Å². The molecule has 1 heterocycles. The third kappa shape index (κ3) is 3.09. The van der Waals surface area contributed by atoms with Crippen LogP contribution in [-0.4, -0.2) is 5.91 Å². The summed E-state index contributed by atoms with van der Waals surface area (Å²) in [5.74, 6) is 0.816. The Balaban J connectivity index is 1.77. The molecule has 1 N–H and O–H groups in total. The van der Waals surface area contributed by atoms with E-state index in [0.717, 1.165) is 34.9 Å². The molecule has 1 atom stereocenters. The zero-order chi connectivity index (χ0) is 15.7. The normalized spacial score (nSPS) is 17.1. The Labute approximate surface area is 136 Å². The second-order valence-electron chi connectivity index (χ2n) is 6.35. The predicted molar refractivity (Wildman–Crippen MR) is 94.0 cm³/mol. The lowest BCUT2D eigenvalue weighted by atomic mass is 9.87. The molecule has 22 heavy (non-hydrogen) atoms. The molecule has 0 aliphatic heterocycles. The first-order chi connectivity index (χ1) is 10.6. The molecule has 1 amide bonds. The van der Waals surface area contributed by atoms with Gasteiger partial charge in [0.1, 0.15) is 0 Å². The Morgan fingerprint density at radius 2 is 2.14 bits per heavy atom. The van der Waals surface area contributed by atoms with Crippen molar-refractivity contribution in [3.05, 3.63) is 50.7 Å². The first kappa shape index (κ1) is 15.3. The van der Waals surface area contributed by atoms with Crippen molar-refractivity contribution in [2.24, 2.45) is 5.92 Å². The van der Waals surface area contributed by atoms with E-state index in [1.54, 1.807) is 11.3 Å². The SMILES string of the molecule is CC[C@H]1CCc2sc(C(=O)Nc3ccc(C)cc3C)cc2C1. The molecule has 2 aromatic rings. The highest BCUT2D eigenvalue weighted by Crippen LogP contribution is 2.34. The smallest absolute Gasteiger partial charge is 0.265 e. The van der Waals surface area contributed by atoms with Crippen molar-refractivity contribution in [1.29, 1.82) is 0 Å². The van der Waals surface area contributed by atoms with Gasteiger partial charge in [-0.25, -0.2) is 0 Å². The second-order valence-corrected chi connectivity index (χ2v) is 7.49. The topological polar surface area (TPSA) is 29.1 Å². The first-order valence-electron chi connectivity index (χ1n) is 8.07. The fraction of sp³-hybridized carbons (Fsp3) is 0.421. The average molecular weight is 313 g/mol. The fourth-order valence-electron chi connectivity index (χ4n) is 3.20. The van der Waals surface area contributed by atoms with E-state index in [2.05, 4.69) is 31.3 Å². The number of amides is 1. The van der Waals surface area contributed by atoms with Gasteiger partial charge in [0.2, 0.25) is 0 Å². The number of carbonyl (C=O) groups is 1. The van der Waals surface area contributed by atoms with Crippen LogP contribution in [0.2, 0.25) is 0 Å². The van der Waals surface area contributed by atoms with Gasteiger partial charge in [-0.05, 0) is 62.3 Å². The van der Waals surface area contributed by atoms with Crippen LogP contribution >= 0.6 is 11.3 Å². The van der Waals surface area contributed by atoms with Gasteiger partial charge in [-0.1, -0.05) is 31.0 Å². The Kier molecular flexibility index (Phi) is 4.34. The van der Waals surface area contributed by atoms with Crippen LogP contribution in [0.1, 0.15) is 51.0 Å². The third-order valence-electron chi connectivity index (χ3n) is 4.62. The maximum Gasteiger partial charge on any atom is 0.265 e. The third-order valence-corrected chi connectivity index (χ3v) is 5.85. The minimum absolute atomic E-state index is 0.0272. The van der Waals surface area contributed by atoms with Gasteiger partial charge in [0.25, 0.3) is 5.91 Å². The van der Waals surface area contributed by atoms with Crippen LogP contribution in [0.15, 0.2) is 24.3 Å². The van der Waals surface area contributed by atoms with Gasteiger partial charge >= 0.3 is 0 Å². The van der Waals surface area contributed by atoms with Crippen LogP contribution in [-0.2, 0) is 12.8 Å². The first-order valence-corrected chi connectivity index (χ1v) is 8.88. The van der Waals surface area contributed by atoms with Crippen LogP contribution in [0.4, 0.5) is 5.69 Å². The molecular formula is C19H23NOS. The number of aryl methyl sites for hydroxylation is 3. The van der Waals surface area contributed by atoms with E-state index in [4.69, 9.17) is 0 Å². The van der Waals surface area contributed by atoms with Crippen molar-refractivity contribution in [2.45, 2.75) is 46.5 Å². The molecule has 0 spiro atoms. The van der Waals surface area contributed by atoms with Crippen molar-refractivity contribution in [3.63, 3.8) is 0 Å². The van der Waals surface area contributed by atoms with Gasteiger partial charge in [0.05, 0.1) is 4.88 Å². The summed E-state index contributed by atoms with van der Waals surface area (Å²) in [6.07, 6.45) is 4.77. The predicted octanol–water partition coefficient (Wildman–Crippen LogP) is 5.13. The maximum atomic E-state index is 12.5. The molecule has 0 fully saturated rings. The number of benzene rings is 1. The molecule has 1 aromatic heterocycles. The summed E-state index contributed by atoms with van der Waals surface area (Å²) in [7, 11) is 0. The lowest BCUT2D eigenvalue weighted by Gasteiger charge is -2.19. The minimum Gasteiger partial charge on any atom is -0.321 e. The summed E-state index contributed by atoms with van der Waals surface area (Å²) < 4.78 is 0. The van der Waals surface area contributed by atoms with Crippen LogP contribution in [0.25, 0.3) is 0 Å². The Hall–Kier alpha value is -1.61. The number of hydrogen-bond acceptors (Lipinski definition) is 2. The Bertz CT molecular complexity index is 701. The van der Waals surface area contributed by atoms with Gasteiger partial charge in [-0.2, -0.15) is 0 Å². The Morgan fingerprint density at radius 1 is 1.32 bits per heavy atom. The van der Waals surface area contributed by atoms with Crippen LogP contribution in [0.3, 0.4) is 0 Å². The van der Waals surface area contributed by atoms with E-state index in [-0.39, 0.29) is 5.91 Å². The number of carbonyl (C=O) groups excluding carboxylic acids is 1. The quantitative estimate of drug-likeness (QED) is 0.836. The molecule has 0 radical (unpaired) electrons. The number of hydrogen-bond donors (Lipinski definition) is 1. The summed E-state index contributed by atoms with van der Waals surface area (Å²) in [5.41, 5.74) is 4.63. The summed E-state index contributed by atoms with van der Waals surface area (Å²) in [6, 6.07) is 8.23. The van der Waals surface area contributed by atoms with Crippen molar-refractivity contribution in [1.82, 2.24) is 0 Å². The molecule has 116 valence electrons. The zero-order valence-electron chi connectivity index (χ0n) is 13.5. The molecule has 0 saturated heterocycles. The number of nitrogens with one attached hydrogen (secondary N) is 1. The monoisotopic (exact) mass is 313 g/mol. The highest BCUT2D eigenvalue weighted by molar-refractivity contribution is 7.14. The van der Waals surface area contributed by atoms with Crippen molar-refractivity contribution < 1.29 is 4.79 Å². The van der Waals surface area contributed by atoms with Crippen LogP contribution in [0, 0.1) is 19.8 Å². The van der Waals surface area contributed by atoms with Crippen LogP contribution in [0.5, 0.6) is 0 Å². The van der Waals surface area contributed by atoms with Gasteiger partial charge in [-0.3, -0.25) is 4.79 Å². The molecule has 1 aliphatic rings. The zero-order valence-corrected chi connectivity index (χ0v) is 14.3. The lowest BCUT2D eigenvalue weighted by Crippen LogP contribution is -2.11. The number of thiophene rings is 1.